The lowest BCUT2D eigenvalue weighted by molar-refractivity contribution is -0.124. The number of para-hydroxylation sites is 3. The summed E-state index contributed by atoms with van der Waals surface area (Å²) in [6.07, 6.45) is 0. The molecule has 1 N–H and O–H groups in total. The number of carbonyl (C=O) groups is 2. The molecule has 1 atom stereocenters. The van der Waals surface area contributed by atoms with E-state index in [-0.39, 0.29) is 17.6 Å². The van der Waals surface area contributed by atoms with Gasteiger partial charge in [0.1, 0.15) is 11.6 Å². The number of anilines is 1. The maximum Gasteiger partial charge on any atom is 0.263 e. The Kier molecular flexibility index (Phi) is 6.14. The number of amides is 2. The number of amidine groups is 2. The molecule has 2 aliphatic heterocycles. The summed E-state index contributed by atoms with van der Waals surface area (Å²) in [5.41, 5.74) is 2.95. The molecule has 0 saturated carbocycles. The molecule has 0 fully saturated rings. The van der Waals surface area contributed by atoms with Crippen LogP contribution >= 0.6 is 11.8 Å². The normalized spacial score (nSPS) is 16.3. The summed E-state index contributed by atoms with van der Waals surface area (Å²) >= 11 is 1.21. The van der Waals surface area contributed by atoms with Crippen LogP contribution in [0.5, 0.6) is 5.75 Å². The zero-order chi connectivity index (χ0) is 23.5. The zero-order valence-corrected chi connectivity index (χ0v) is 19.3. The van der Waals surface area contributed by atoms with Crippen LogP contribution in [-0.4, -0.2) is 40.1 Å². The molecular formula is C26H22N4O3S. The summed E-state index contributed by atoms with van der Waals surface area (Å²) in [6.45, 7) is 2.39. The van der Waals surface area contributed by atoms with Gasteiger partial charge in [-0.3, -0.25) is 9.59 Å². The second-order valence-electron chi connectivity index (χ2n) is 7.62. The molecule has 0 bridgehead atoms. The van der Waals surface area contributed by atoms with Gasteiger partial charge in [0.05, 0.1) is 23.7 Å². The van der Waals surface area contributed by atoms with Crippen molar-refractivity contribution in [3.05, 3.63) is 90.0 Å². The van der Waals surface area contributed by atoms with Crippen molar-refractivity contribution in [2.75, 3.05) is 17.7 Å². The minimum atomic E-state index is -0.639. The molecular weight excluding hydrogens is 448 g/mol. The number of benzene rings is 3. The van der Waals surface area contributed by atoms with Gasteiger partial charge in [-0.05, 0) is 36.8 Å². The predicted molar refractivity (Wildman–Crippen MR) is 135 cm³/mol. The van der Waals surface area contributed by atoms with Crippen LogP contribution in [0.4, 0.5) is 11.4 Å². The molecule has 34 heavy (non-hydrogen) atoms. The lowest BCUT2D eigenvalue weighted by atomic mass is 10.1. The first kappa shape index (κ1) is 21.9. The van der Waals surface area contributed by atoms with Gasteiger partial charge in [0.2, 0.25) is 5.91 Å². The Morgan fingerprint density at radius 2 is 1.76 bits per heavy atom. The highest BCUT2D eigenvalue weighted by molar-refractivity contribution is 8.14. The van der Waals surface area contributed by atoms with E-state index in [4.69, 9.17) is 14.7 Å². The summed E-state index contributed by atoms with van der Waals surface area (Å²) in [4.78, 5) is 37.1. The Morgan fingerprint density at radius 3 is 2.59 bits per heavy atom. The molecule has 0 spiro atoms. The van der Waals surface area contributed by atoms with E-state index >= 15 is 0 Å². The van der Waals surface area contributed by atoms with Gasteiger partial charge in [0, 0.05) is 5.56 Å². The SMILES string of the molecule is CCOc1ccccc1NC(=O)CSC1=Nc2ccccc2C2=N[C@H](c3ccccc3)C(=O)N12. The number of nitrogens with one attached hydrogen (secondary N) is 1. The van der Waals surface area contributed by atoms with Crippen LogP contribution in [0.3, 0.4) is 0 Å². The fraction of sp³-hybridized carbons (Fsp3) is 0.154. The summed E-state index contributed by atoms with van der Waals surface area (Å²) in [5.74, 6) is 0.859. The Balaban J connectivity index is 1.38. The molecule has 2 amide bonds. The van der Waals surface area contributed by atoms with Crippen molar-refractivity contribution in [3.63, 3.8) is 0 Å². The second kappa shape index (κ2) is 9.52. The number of hydrogen-bond acceptors (Lipinski definition) is 6. The Labute approximate surface area is 201 Å². The highest BCUT2D eigenvalue weighted by Gasteiger charge is 2.42. The first-order valence-electron chi connectivity index (χ1n) is 10.9. The number of ether oxygens (including phenoxy) is 1. The van der Waals surface area contributed by atoms with E-state index in [1.807, 2.05) is 79.7 Å². The van der Waals surface area contributed by atoms with Gasteiger partial charge in [0.15, 0.2) is 11.2 Å². The molecule has 3 aromatic carbocycles. The van der Waals surface area contributed by atoms with E-state index in [2.05, 4.69) is 5.32 Å². The lowest BCUT2D eigenvalue weighted by Crippen LogP contribution is -2.40. The molecule has 7 nitrogen and oxygen atoms in total. The monoisotopic (exact) mass is 470 g/mol. The molecule has 2 aliphatic rings. The van der Waals surface area contributed by atoms with Crippen LogP contribution in [-0.2, 0) is 9.59 Å². The average molecular weight is 471 g/mol. The third kappa shape index (κ3) is 4.20. The molecule has 0 saturated heterocycles. The largest absolute Gasteiger partial charge is 0.492 e. The van der Waals surface area contributed by atoms with Gasteiger partial charge >= 0.3 is 0 Å². The Morgan fingerprint density at radius 1 is 1.03 bits per heavy atom. The summed E-state index contributed by atoms with van der Waals surface area (Å²) in [7, 11) is 0. The molecule has 8 heteroatoms. The predicted octanol–water partition coefficient (Wildman–Crippen LogP) is 4.79. The van der Waals surface area contributed by atoms with Crippen molar-refractivity contribution in [1.82, 2.24) is 4.90 Å². The molecule has 0 aromatic heterocycles. The van der Waals surface area contributed by atoms with Crippen molar-refractivity contribution >= 4 is 46.0 Å². The van der Waals surface area contributed by atoms with E-state index in [1.165, 1.54) is 16.7 Å². The molecule has 170 valence electrons. The smallest absolute Gasteiger partial charge is 0.263 e. The lowest BCUT2D eigenvalue weighted by Gasteiger charge is -2.25. The van der Waals surface area contributed by atoms with Crippen molar-refractivity contribution in [2.45, 2.75) is 13.0 Å². The number of carbonyl (C=O) groups excluding carboxylic acids is 2. The highest BCUT2D eigenvalue weighted by Crippen LogP contribution is 2.37. The first-order valence-corrected chi connectivity index (χ1v) is 11.9. The maximum absolute atomic E-state index is 13.4. The first-order chi connectivity index (χ1) is 16.7. The molecule has 0 aliphatic carbocycles. The fourth-order valence-corrected chi connectivity index (χ4v) is 4.67. The van der Waals surface area contributed by atoms with Crippen molar-refractivity contribution in [1.29, 1.82) is 0 Å². The zero-order valence-electron chi connectivity index (χ0n) is 18.5. The highest BCUT2D eigenvalue weighted by atomic mass is 32.2. The molecule has 0 radical (unpaired) electrons. The average Bonchev–Trinajstić information content (AvgIpc) is 3.22. The minimum Gasteiger partial charge on any atom is -0.492 e. The van der Waals surface area contributed by atoms with E-state index in [0.717, 1.165) is 16.8 Å². The molecule has 5 rings (SSSR count). The summed E-state index contributed by atoms with van der Waals surface area (Å²) in [5, 5.41) is 3.33. The maximum atomic E-state index is 13.4. The summed E-state index contributed by atoms with van der Waals surface area (Å²) in [6, 6.07) is 23.7. The van der Waals surface area contributed by atoms with Gasteiger partial charge in [-0.25, -0.2) is 14.9 Å². The van der Waals surface area contributed by atoms with Crippen molar-refractivity contribution in [3.8, 4) is 5.75 Å². The van der Waals surface area contributed by atoms with Gasteiger partial charge in [-0.15, -0.1) is 0 Å². The Hall–Kier alpha value is -3.91. The number of aliphatic imine (C=N–C) groups is 2. The van der Waals surface area contributed by atoms with Gasteiger partial charge < -0.3 is 10.1 Å². The van der Waals surface area contributed by atoms with Gasteiger partial charge in [0.25, 0.3) is 5.91 Å². The molecule has 2 heterocycles. The standard InChI is InChI=1S/C26H22N4O3S/c1-2-33-21-15-9-8-14-20(21)27-22(31)16-34-26-28-19-13-7-6-12-18(19)24-29-23(25(32)30(24)26)17-10-4-3-5-11-17/h3-15,23H,2,16H2,1H3,(H,27,31)/t23-/m1/s1. The number of thioether (sulfide) groups is 1. The third-order valence-corrected chi connectivity index (χ3v) is 6.32. The van der Waals surface area contributed by atoms with E-state index < -0.39 is 6.04 Å². The number of fused-ring (bicyclic) bond motifs is 3. The van der Waals surface area contributed by atoms with Crippen LogP contribution in [0.25, 0.3) is 0 Å². The van der Waals surface area contributed by atoms with Crippen molar-refractivity contribution < 1.29 is 14.3 Å². The molecule has 3 aromatic rings. The van der Waals surface area contributed by atoms with E-state index in [9.17, 15) is 9.59 Å². The fourth-order valence-electron chi connectivity index (χ4n) is 3.87. The van der Waals surface area contributed by atoms with Crippen LogP contribution in [0, 0.1) is 0 Å². The number of hydrogen-bond donors (Lipinski definition) is 1. The number of rotatable bonds is 6. The van der Waals surface area contributed by atoms with Crippen LogP contribution in [0.15, 0.2) is 88.8 Å². The minimum absolute atomic E-state index is 0.0779. The van der Waals surface area contributed by atoms with E-state index in [1.54, 1.807) is 6.07 Å². The van der Waals surface area contributed by atoms with Crippen LogP contribution in [0.2, 0.25) is 0 Å². The van der Waals surface area contributed by atoms with Crippen LogP contribution in [0.1, 0.15) is 24.1 Å². The molecule has 0 unspecified atom stereocenters. The van der Waals surface area contributed by atoms with Gasteiger partial charge in [-0.1, -0.05) is 66.4 Å². The third-order valence-electron chi connectivity index (χ3n) is 5.38. The Bertz CT molecular complexity index is 1310. The number of nitrogens with zero attached hydrogens (tertiary/aromatic N) is 3. The second-order valence-corrected chi connectivity index (χ2v) is 8.56. The quantitative estimate of drug-likeness (QED) is 0.562. The van der Waals surface area contributed by atoms with Crippen molar-refractivity contribution in [2.24, 2.45) is 9.98 Å². The van der Waals surface area contributed by atoms with E-state index in [0.29, 0.717) is 29.0 Å². The topological polar surface area (TPSA) is 83.4 Å². The van der Waals surface area contributed by atoms with Crippen LogP contribution < -0.4 is 10.1 Å². The summed E-state index contributed by atoms with van der Waals surface area (Å²) < 4.78 is 5.58. The van der Waals surface area contributed by atoms with Gasteiger partial charge in [-0.2, -0.15) is 0 Å².